The second-order valence-electron chi connectivity index (χ2n) is 7.25. The standard InChI is InChI=1S/C24H25N3O2S/c1-4-27(5-2)21(28)15-30-24-19-14-18-13-16(3)11-12-20(18)29-23(19)25-22(26-24)17-9-7-6-8-10-17/h6-13H,4-5,14-15H2,1-3H3. The summed E-state index contributed by atoms with van der Waals surface area (Å²) < 4.78 is 6.17. The Morgan fingerprint density at radius 3 is 2.60 bits per heavy atom. The van der Waals surface area contributed by atoms with E-state index in [-0.39, 0.29) is 5.91 Å². The van der Waals surface area contributed by atoms with Gasteiger partial charge in [-0.25, -0.2) is 4.98 Å². The Morgan fingerprint density at radius 2 is 1.87 bits per heavy atom. The van der Waals surface area contributed by atoms with Crippen LogP contribution < -0.4 is 4.74 Å². The van der Waals surface area contributed by atoms with E-state index in [9.17, 15) is 4.79 Å². The molecular formula is C24H25N3O2S. The van der Waals surface area contributed by atoms with Gasteiger partial charge in [-0.3, -0.25) is 4.79 Å². The summed E-state index contributed by atoms with van der Waals surface area (Å²) in [5, 5.41) is 0.812. The molecule has 0 radical (unpaired) electrons. The third-order valence-corrected chi connectivity index (χ3v) is 6.20. The number of carbonyl (C=O) groups is 1. The van der Waals surface area contributed by atoms with E-state index in [4.69, 9.17) is 14.7 Å². The first-order valence-corrected chi connectivity index (χ1v) is 11.2. The Labute approximate surface area is 181 Å². The van der Waals surface area contributed by atoms with Crippen LogP contribution in [-0.2, 0) is 11.2 Å². The predicted molar refractivity (Wildman–Crippen MR) is 120 cm³/mol. The lowest BCUT2D eigenvalue weighted by Crippen LogP contribution is -2.31. The third-order valence-electron chi connectivity index (χ3n) is 5.20. The average Bonchev–Trinajstić information content (AvgIpc) is 2.77. The molecular weight excluding hydrogens is 394 g/mol. The molecule has 0 atom stereocenters. The molecule has 5 nitrogen and oxygen atoms in total. The highest BCUT2D eigenvalue weighted by atomic mass is 32.2. The van der Waals surface area contributed by atoms with Crippen LogP contribution >= 0.6 is 11.8 Å². The molecule has 0 saturated heterocycles. The topological polar surface area (TPSA) is 55.3 Å². The second-order valence-corrected chi connectivity index (χ2v) is 8.21. The minimum Gasteiger partial charge on any atom is -0.438 e. The summed E-state index contributed by atoms with van der Waals surface area (Å²) >= 11 is 1.47. The number of amides is 1. The van der Waals surface area contributed by atoms with Crippen LogP contribution in [0.3, 0.4) is 0 Å². The van der Waals surface area contributed by atoms with Crippen LogP contribution in [0.15, 0.2) is 53.6 Å². The molecule has 1 aromatic heterocycles. The van der Waals surface area contributed by atoms with Gasteiger partial charge in [0.1, 0.15) is 10.8 Å². The largest absolute Gasteiger partial charge is 0.438 e. The van der Waals surface area contributed by atoms with E-state index in [2.05, 4.69) is 13.0 Å². The van der Waals surface area contributed by atoms with Crippen molar-refractivity contribution in [3.05, 3.63) is 65.2 Å². The van der Waals surface area contributed by atoms with Gasteiger partial charge >= 0.3 is 0 Å². The minimum atomic E-state index is 0.117. The Kier molecular flexibility index (Phi) is 6.04. The van der Waals surface area contributed by atoms with E-state index in [0.717, 1.165) is 27.5 Å². The van der Waals surface area contributed by atoms with E-state index in [1.807, 2.05) is 61.2 Å². The zero-order valence-corrected chi connectivity index (χ0v) is 18.3. The summed E-state index contributed by atoms with van der Waals surface area (Å²) in [6.07, 6.45) is 0.698. The first-order valence-electron chi connectivity index (χ1n) is 10.2. The van der Waals surface area contributed by atoms with Crippen LogP contribution in [0, 0.1) is 6.92 Å². The van der Waals surface area contributed by atoms with Crippen molar-refractivity contribution in [2.75, 3.05) is 18.8 Å². The quantitative estimate of drug-likeness (QED) is 0.321. The molecule has 4 rings (SSSR count). The lowest BCUT2D eigenvalue weighted by Gasteiger charge is -2.23. The molecule has 2 heterocycles. The van der Waals surface area contributed by atoms with Crippen molar-refractivity contribution in [1.82, 2.24) is 14.9 Å². The molecule has 154 valence electrons. The molecule has 2 aromatic carbocycles. The van der Waals surface area contributed by atoms with Gasteiger partial charge in [-0.15, -0.1) is 0 Å². The SMILES string of the molecule is CCN(CC)C(=O)CSc1nc(-c2ccccc2)nc2c1Cc1cc(C)ccc1O2. The lowest BCUT2D eigenvalue weighted by molar-refractivity contribution is -0.127. The zero-order chi connectivity index (χ0) is 21.1. The van der Waals surface area contributed by atoms with Gasteiger partial charge in [-0.1, -0.05) is 59.8 Å². The summed E-state index contributed by atoms with van der Waals surface area (Å²) in [6.45, 7) is 7.49. The Hall–Kier alpha value is -2.86. The molecule has 0 aliphatic carbocycles. The first kappa shape index (κ1) is 20.4. The van der Waals surface area contributed by atoms with Crippen molar-refractivity contribution in [2.45, 2.75) is 32.2 Å². The van der Waals surface area contributed by atoms with E-state index in [1.54, 1.807) is 0 Å². The number of aryl methyl sites for hydroxylation is 1. The molecule has 1 aliphatic rings. The maximum atomic E-state index is 12.6. The van der Waals surface area contributed by atoms with Crippen molar-refractivity contribution in [1.29, 1.82) is 0 Å². The summed E-state index contributed by atoms with van der Waals surface area (Å²) in [6, 6.07) is 16.0. The van der Waals surface area contributed by atoms with Gasteiger partial charge in [0.25, 0.3) is 0 Å². The van der Waals surface area contributed by atoms with Crippen molar-refractivity contribution < 1.29 is 9.53 Å². The molecule has 0 spiro atoms. The fraction of sp³-hybridized carbons (Fsp3) is 0.292. The van der Waals surface area contributed by atoms with Gasteiger partial charge < -0.3 is 9.64 Å². The van der Waals surface area contributed by atoms with Gasteiger partial charge in [0, 0.05) is 25.1 Å². The summed E-state index contributed by atoms with van der Waals surface area (Å²) in [5.41, 5.74) is 4.18. The molecule has 30 heavy (non-hydrogen) atoms. The zero-order valence-electron chi connectivity index (χ0n) is 17.5. The Balaban J connectivity index is 1.71. The molecule has 0 fully saturated rings. The highest BCUT2D eigenvalue weighted by molar-refractivity contribution is 7.99. The van der Waals surface area contributed by atoms with E-state index < -0.39 is 0 Å². The molecule has 3 aromatic rings. The van der Waals surface area contributed by atoms with Gasteiger partial charge in [-0.2, -0.15) is 4.98 Å². The summed E-state index contributed by atoms with van der Waals surface area (Å²) in [7, 11) is 0. The molecule has 0 bridgehead atoms. The number of rotatable bonds is 6. The molecule has 0 unspecified atom stereocenters. The fourth-order valence-corrected chi connectivity index (χ4v) is 4.48. The predicted octanol–water partition coefficient (Wildman–Crippen LogP) is 5.11. The summed E-state index contributed by atoms with van der Waals surface area (Å²) in [5.74, 6) is 2.49. The molecule has 0 saturated carbocycles. The van der Waals surface area contributed by atoms with Crippen LogP contribution in [0.25, 0.3) is 11.4 Å². The maximum absolute atomic E-state index is 12.6. The van der Waals surface area contributed by atoms with Crippen molar-refractivity contribution in [2.24, 2.45) is 0 Å². The number of ether oxygens (including phenoxy) is 1. The molecule has 0 N–H and O–H groups in total. The van der Waals surface area contributed by atoms with E-state index >= 15 is 0 Å². The second kappa shape index (κ2) is 8.88. The third kappa shape index (κ3) is 4.19. The lowest BCUT2D eigenvalue weighted by atomic mass is 10.0. The number of fused-ring (bicyclic) bond motifs is 2. The normalized spacial score (nSPS) is 12.0. The number of benzene rings is 2. The average molecular weight is 420 g/mol. The Bertz CT molecular complexity index is 1070. The molecule has 1 amide bonds. The van der Waals surface area contributed by atoms with Crippen LogP contribution in [-0.4, -0.2) is 39.6 Å². The van der Waals surface area contributed by atoms with E-state index in [0.29, 0.717) is 37.0 Å². The maximum Gasteiger partial charge on any atom is 0.232 e. The number of aromatic nitrogens is 2. The number of carbonyl (C=O) groups excluding carboxylic acids is 1. The fourth-order valence-electron chi connectivity index (χ4n) is 3.55. The molecule has 6 heteroatoms. The van der Waals surface area contributed by atoms with Crippen LogP contribution in [0.1, 0.15) is 30.5 Å². The monoisotopic (exact) mass is 419 g/mol. The highest BCUT2D eigenvalue weighted by Gasteiger charge is 2.25. The van der Waals surface area contributed by atoms with Gasteiger partial charge in [0.2, 0.25) is 11.8 Å². The number of nitrogens with zero attached hydrogens (tertiary/aromatic N) is 3. The van der Waals surface area contributed by atoms with Gasteiger partial charge in [-0.05, 0) is 32.4 Å². The highest BCUT2D eigenvalue weighted by Crippen LogP contribution is 2.40. The number of hydrogen-bond donors (Lipinski definition) is 0. The van der Waals surface area contributed by atoms with Gasteiger partial charge in [0.05, 0.1) is 11.3 Å². The van der Waals surface area contributed by atoms with Crippen molar-refractivity contribution >= 4 is 17.7 Å². The van der Waals surface area contributed by atoms with Crippen molar-refractivity contribution in [3.8, 4) is 23.0 Å². The Morgan fingerprint density at radius 1 is 1.10 bits per heavy atom. The first-order chi connectivity index (χ1) is 14.6. The van der Waals surface area contributed by atoms with E-state index in [1.165, 1.54) is 17.3 Å². The van der Waals surface area contributed by atoms with Crippen LogP contribution in [0.4, 0.5) is 0 Å². The van der Waals surface area contributed by atoms with Gasteiger partial charge in [0.15, 0.2) is 5.82 Å². The van der Waals surface area contributed by atoms with Crippen LogP contribution in [0.5, 0.6) is 11.6 Å². The molecule has 1 aliphatic heterocycles. The smallest absolute Gasteiger partial charge is 0.232 e. The van der Waals surface area contributed by atoms with Crippen LogP contribution in [0.2, 0.25) is 0 Å². The number of hydrogen-bond acceptors (Lipinski definition) is 5. The number of thioether (sulfide) groups is 1. The summed E-state index contributed by atoms with van der Waals surface area (Å²) in [4.78, 5) is 24.0. The van der Waals surface area contributed by atoms with Crippen molar-refractivity contribution in [3.63, 3.8) is 0 Å². The minimum absolute atomic E-state index is 0.117.